The number of nitrogens with two attached hydrogens (primary N) is 1. The molecule has 1 fully saturated rings. The summed E-state index contributed by atoms with van der Waals surface area (Å²) in [5, 5.41) is 0. The van der Waals surface area contributed by atoms with Crippen molar-refractivity contribution in [2.75, 3.05) is 26.7 Å². The van der Waals surface area contributed by atoms with Gasteiger partial charge in [-0.15, -0.1) is 0 Å². The molecular formula is C10H19N3O2. The van der Waals surface area contributed by atoms with Gasteiger partial charge in [-0.05, 0) is 19.8 Å². The van der Waals surface area contributed by atoms with Crippen LogP contribution in [0.4, 0.5) is 0 Å². The summed E-state index contributed by atoms with van der Waals surface area (Å²) in [5.74, 6) is 0.328. The number of aliphatic imine (C=N–C) groups is 1. The highest BCUT2D eigenvalue weighted by Crippen LogP contribution is 2.17. The van der Waals surface area contributed by atoms with E-state index < -0.39 is 0 Å². The Kier molecular flexibility index (Phi) is 4.39. The van der Waals surface area contributed by atoms with Crippen LogP contribution in [0.3, 0.4) is 0 Å². The van der Waals surface area contributed by atoms with Crippen molar-refractivity contribution in [3.63, 3.8) is 0 Å². The van der Waals surface area contributed by atoms with Gasteiger partial charge in [0.2, 0.25) is 0 Å². The number of piperidine rings is 1. The van der Waals surface area contributed by atoms with Crippen LogP contribution in [0.2, 0.25) is 0 Å². The number of likely N-dealkylation sites (tertiary alicyclic amines) is 1. The number of nitrogens with zero attached hydrogens (tertiary/aromatic N) is 2. The van der Waals surface area contributed by atoms with Crippen molar-refractivity contribution in [3.05, 3.63) is 0 Å². The van der Waals surface area contributed by atoms with Gasteiger partial charge < -0.3 is 15.4 Å². The molecule has 1 atom stereocenters. The zero-order valence-electron chi connectivity index (χ0n) is 9.40. The van der Waals surface area contributed by atoms with Gasteiger partial charge in [0.1, 0.15) is 0 Å². The van der Waals surface area contributed by atoms with Gasteiger partial charge in [0.05, 0.1) is 12.5 Å². The molecule has 5 nitrogen and oxygen atoms in total. The second-order valence-corrected chi connectivity index (χ2v) is 3.62. The normalized spacial score (nSPS) is 22.7. The van der Waals surface area contributed by atoms with Gasteiger partial charge >= 0.3 is 5.97 Å². The van der Waals surface area contributed by atoms with Gasteiger partial charge in [0.25, 0.3) is 0 Å². The Morgan fingerprint density at radius 1 is 1.67 bits per heavy atom. The first-order valence-electron chi connectivity index (χ1n) is 5.32. The monoisotopic (exact) mass is 213 g/mol. The fourth-order valence-corrected chi connectivity index (χ4v) is 1.78. The van der Waals surface area contributed by atoms with E-state index in [1.165, 1.54) is 0 Å². The van der Waals surface area contributed by atoms with Crippen LogP contribution in [-0.4, -0.2) is 43.6 Å². The van der Waals surface area contributed by atoms with E-state index in [2.05, 4.69) is 4.99 Å². The van der Waals surface area contributed by atoms with Crippen molar-refractivity contribution in [1.82, 2.24) is 4.90 Å². The van der Waals surface area contributed by atoms with E-state index in [9.17, 15) is 4.79 Å². The average molecular weight is 213 g/mol. The van der Waals surface area contributed by atoms with E-state index in [-0.39, 0.29) is 11.9 Å². The van der Waals surface area contributed by atoms with Crippen molar-refractivity contribution in [3.8, 4) is 0 Å². The molecule has 0 bridgehead atoms. The topological polar surface area (TPSA) is 67.9 Å². The minimum atomic E-state index is -0.119. The molecule has 0 spiro atoms. The third-order valence-electron chi connectivity index (χ3n) is 2.59. The van der Waals surface area contributed by atoms with Crippen LogP contribution >= 0.6 is 0 Å². The number of carbonyl (C=O) groups is 1. The van der Waals surface area contributed by atoms with Crippen LogP contribution in [0.25, 0.3) is 0 Å². The van der Waals surface area contributed by atoms with Crippen LogP contribution in [0.15, 0.2) is 4.99 Å². The van der Waals surface area contributed by atoms with Gasteiger partial charge in [0, 0.05) is 20.1 Å². The summed E-state index contributed by atoms with van der Waals surface area (Å²) < 4.78 is 5.00. The van der Waals surface area contributed by atoms with Crippen molar-refractivity contribution in [2.24, 2.45) is 16.6 Å². The number of ether oxygens (including phenoxy) is 1. The lowest BCUT2D eigenvalue weighted by Gasteiger charge is -2.32. The number of hydrogen-bond donors (Lipinski definition) is 1. The lowest BCUT2D eigenvalue weighted by atomic mass is 9.98. The van der Waals surface area contributed by atoms with Crippen LogP contribution in [0.5, 0.6) is 0 Å². The lowest BCUT2D eigenvalue weighted by molar-refractivity contribution is -0.149. The molecule has 0 radical (unpaired) electrons. The molecule has 1 saturated heterocycles. The SMILES string of the molecule is CCOC(=O)C1CCCN(C(N)=NC)C1. The molecule has 0 aromatic heterocycles. The Hall–Kier alpha value is -1.26. The van der Waals surface area contributed by atoms with E-state index in [1.54, 1.807) is 7.05 Å². The second-order valence-electron chi connectivity index (χ2n) is 3.62. The summed E-state index contributed by atoms with van der Waals surface area (Å²) in [5.41, 5.74) is 5.71. The molecule has 5 heteroatoms. The molecule has 0 amide bonds. The Balaban J connectivity index is 2.52. The summed E-state index contributed by atoms with van der Waals surface area (Å²) in [4.78, 5) is 17.4. The fourth-order valence-electron chi connectivity index (χ4n) is 1.78. The zero-order chi connectivity index (χ0) is 11.3. The molecule has 0 aromatic rings. The maximum absolute atomic E-state index is 11.5. The summed E-state index contributed by atoms with van der Waals surface area (Å²) in [6.07, 6.45) is 1.84. The predicted molar refractivity (Wildman–Crippen MR) is 58.5 cm³/mol. The Labute approximate surface area is 90.3 Å². The average Bonchev–Trinajstić information content (AvgIpc) is 2.28. The van der Waals surface area contributed by atoms with Crippen molar-refractivity contribution >= 4 is 11.9 Å². The van der Waals surface area contributed by atoms with Crippen LogP contribution < -0.4 is 5.73 Å². The number of rotatable bonds is 2. The van der Waals surface area contributed by atoms with E-state index >= 15 is 0 Å². The molecule has 1 aliphatic heterocycles. The number of guanidine groups is 1. The van der Waals surface area contributed by atoms with Crippen molar-refractivity contribution < 1.29 is 9.53 Å². The molecular weight excluding hydrogens is 194 g/mol. The van der Waals surface area contributed by atoms with Gasteiger partial charge in [-0.25, -0.2) is 0 Å². The highest BCUT2D eigenvalue weighted by atomic mass is 16.5. The molecule has 0 aliphatic carbocycles. The molecule has 86 valence electrons. The van der Waals surface area contributed by atoms with Crippen LogP contribution in [-0.2, 0) is 9.53 Å². The Morgan fingerprint density at radius 3 is 3.00 bits per heavy atom. The number of hydrogen-bond acceptors (Lipinski definition) is 3. The quantitative estimate of drug-likeness (QED) is 0.404. The second kappa shape index (κ2) is 5.58. The molecule has 2 N–H and O–H groups in total. The minimum Gasteiger partial charge on any atom is -0.466 e. The first-order valence-corrected chi connectivity index (χ1v) is 5.32. The third-order valence-corrected chi connectivity index (χ3v) is 2.59. The summed E-state index contributed by atoms with van der Waals surface area (Å²) >= 11 is 0. The summed E-state index contributed by atoms with van der Waals surface area (Å²) in [6, 6.07) is 0. The predicted octanol–water partition coefficient (Wildman–Crippen LogP) is 0.206. The lowest BCUT2D eigenvalue weighted by Crippen LogP contribution is -2.46. The molecule has 15 heavy (non-hydrogen) atoms. The molecule has 1 heterocycles. The highest BCUT2D eigenvalue weighted by molar-refractivity contribution is 5.79. The first-order chi connectivity index (χ1) is 7.19. The van der Waals surface area contributed by atoms with Gasteiger partial charge in [-0.3, -0.25) is 9.79 Å². The molecule has 1 aliphatic rings. The van der Waals surface area contributed by atoms with E-state index in [0.29, 0.717) is 19.1 Å². The molecule has 1 rings (SSSR count). The number of carbonyl (C=O) groups excluding carboxylic acids is 1. The maximum atomic E-state index is 11.5. The molecule has 0 saturated carbocycles. The highest BCUT2D eigenvalue weighted by Gasteiger charge is 2.27. The van der Waals surface area contributed by atoms with E-state index in [0.717, 1.165) is 19.4 Å². The fraction of sp³-hybridized carbons (Fsp3) is 0.800. The molecule has 1 unspecified atom stereocenters. The van der Waals surface area contributed by atoms with Crippen molar-refractivity contribution in [2.45, 2.75) is 19.8 Å². The van der Waals surface area contributed by atoms with E-state index in [4.69, 9.17) is 10.5 Å². The van der Waals surface area contributed by atoms with Gasteiger partial charge in [-0.2, -0.15) is 0 Å². The van der Waals surface area contributed by atoms with Crippen molar-refractivity contribution in [1.29, 1.82) is 0 Å². The number of esters is 1. The zero-order valence-corrected chi connectivity index (χ0v) is 9.40. The van der Waals surface area contributed by atoms with E-state index in [1.807, 2.05) is 11.8 Å². The van der Waals surface area contributed by atoms with Crippen LogP contribution in [0, 0.1) is 5.92 Å². The first kappa shape index (κ1) is 11.8. The van der Waals surface area contributed by atoms with Crippen LogP contribution in [0.1, 0.15) is 19.8 Å². The Bertz CT molecular complexity index is 253. The minimum absolute atomic E-state index is 0.0565. The van der Waals surface area contributed by atoms with Gasteiger partial charge in [-0.1, -0.05) is 0 Å². The summed E-state index contributed by atoms with van der Waals surface area (Å²) in [7, 11) is 1.66. The third kappa shape index (κ3) is 3.11. The molecule has 0 aromatic carbocycles. The largest absolute Gasteiger partial charge is 0.466 e. The standard InChI is InChI=1S/C10H19N3O2/c1-3-15-9(14)8-5-4-6-13(7-8)10(11)12-2/h8H,3-7H2,1-2H3,(H2,11,12). The smallest absolute Gasteiger partial charge is 0.310 e. The Morgan fingerprint density at radius 2 is 2.40 bits per heavy atom. The van der Waals surface area contributed by atoms with Gasteiger partial charge in [0.15, 0.2) is 5.96 Å². The summed E-state index contributed by atoms with van der Waals surface area (Å²) in [6.45, 7) is 3.76. The maximum Gasteiger partial charge on any atom is 0.310 e.